The lowest BCUT2D eigenvalue weighted by atomic mass is 10.2. The highest BCUT2D eigenvalue weighted by Gasteiger charge is 2.11. The van der Waals surface area contributed by atoms with Gasteiger partial charge in [-0.15, -0.1) is 11.3 Å². The minimum absolute atomic E-state index is 0.0940. The van der Waals surface area contributed by atoms with Crippen molar-refractivity contribution in [2.75, 3.05) is 0 Å². The number of aromatic amines is 1. The van der Waals surface area contributed by atoms with Crippen LogP contribution in [0.5, 0.6) is 5.75 Å². The molecule has 0 aliphatic carbocycles. The summed E-state index contributed by atoms with van der Waals surface area (Å²) in [4.78, 5) is 21.3. The van der Waals surface area contributed by atoms with E-state index in [1.165, 1.54) is 0 Å². The topological polar surface area (TPSA) is 55.0 Å². The molecule has 3 aromatic rings. The quantitative estimate of drug-likeness (QED) is 0.804. The largest absolute Gasteiger partial charge is 0.486 e. The highest BCUT2D eigenvalue weighted by molar-refractivity contribution is 7.18. The predicted octanol–water partition coefficient (Wildman–Crippen LogP) is 3.18. The third kappa shape index (κ3) is 2.32. The van der Waals surface area contributed by atoms with Gasteiger partial charge in [-0.2, -0.15) is 0 Å². The number of aryl methyl sites for hydroxylation is 2. The molecular weight excluding hydrogens is 272 g/mol. The summed E-state index contributed by atoms with van der Waals surface area (Å²) in [7, 11) is 0. The molecule has 102 valence electrons. The van der Waals surface area contributed by atoms with E-state index in [2.05, 4.69) is 9.97 Å². The summed E-state index contributed by atoms with van der Waals surface area (Å²) in [6.07, 6.45) is 0. The normalized spacial score (nSPS) is 10.9. The zero-order valence-electron chi connectivity index (χ0n) is 11.3. The first-order valence-corrected chi connectivity index (χ1v) is 7.13. The van der Waals surface area contributed by atoms with Crippen LogP contribution >= 0.6 is 11.3 Å². The second kappa shape index (κ2) is 5.09. The van der Waals surface area contributed by atoms with Gasteiger partial charge in [-0.25, -0.2) is 4.98 Å². The van der Waals surface area contributed by atoms with Crippen LogP contribution in [0.2, 0.25) is 0 Å². The molecule has 2 aromatic heterocycles. The van der Waals surface area contributed by atoms with E-state index >= 15 is 0 Å². The van der Waals surface area contributed by atoms with Crippen LogP contribution in [-0.2, 0) is 6.61 Å². The van der Waals surface area contributed by atoms with Crippen molar-refractivity contribution in [2.45, 2.75) is 20.5 Å². The van der Waals surface area contributed by atoms with E-state index in [-0.39, 0.29) is 12.2 Å². The molecule has 1 N–H and O–H groups in total. The first kappa shape index (κ1) is 12.9. The number of rotatable bonds is 3. The van der Waals surface area contributed by atoms with Crippen molar-refractivity contribution in [2.24, 2.45) is 0 Å². The lowest BCUT2D eigenvalue weighted by molar-refractivity contribution is 0.296. The minimum atomic E-state index is -0.0940. The molecule has 2 heterocycles. The van der Waals surface area contributed by atoms with Crippen LogP contribution in [0.15, 0.2) is 35.1 Å². The number of benzene rings is 1. The van der Waals surface area contributed by atoms with Crippen molar-refractivity contribution in [1.82, 2.24) is 9.97 Å². The van der Waals surface area contributed by atoms with E-state index in [1.54, 1.807) is 11.3 Å². The molecule has 0 unspecified atom stereocenters. The van der Waals surface area contributed by atoms with Crippen LogP contribution in [0.1, 0.15) is 16.3 Å². The van der Waals surface area contributed by atoms with E-state index in [0.717, 1.165) is 21.0 Å². The first-order valence-electron chi connectivity index (χ1n) is 6.32. The molecule has 0 fully saturated rings. The van der Waals surface area contributed by atoms with Crippen LogP contribution in [0.3, 0.4) is 0 Å². The zero-order chi connectivity index (χ0) is 14.1. The predicted molar refractivity (Wildman–Crippen MR) is 80.5 cm³/mol. The Morgan fingerprint density at radius 3 is 2.75 bits per heavy atom. The second-order valence-electron chi connectivity index (χ2n) is 4.58. The molecule has 0 saturated carbocycles. The van der Waals surface area contributed by atoms with E-state index in [9.17, 15) is 4.79 Å². The molecule has 0 aliphatic rings. The molecule has 4 nitrogen and oxygen atoms in total. The summed E-state index contributed by atoms with van der Waals surface area (Å²) in [5.41, 5.74) is 0.915. The number of H-pyrrole nitrogens is 1. The van der Waals surface area contributed by atoms with Gasteiger partial charge in [0.1, 0.15) is 23.0 Å². The highest BCUT2D eigenvalue weighted by atomic mass is 32.1. The molecule has 5 heteroatoms. The number of hydrogen-bond donors (Lipinski definition) is 1. The summed E-state index contributed by atoms with van der Waals surface area (Å²) in [5.74, 6) is 1.31. The fraction of sp³-hybridized carbons (Fsp3) is 0.200. The van der Waals surface area contributed by atoms with Crippen molar-refractivity contribution in [1.29, 1.82) is 0 Å². The number of nitrogens with one attached hydrogen (secondary N) is 1. The van der Waals surface area contributed by atoms with Gasteiger partial charge in [0.2, 0.25) is 0 Å². The van der Waals surface area contributed by atoms with Gasteiger partial charge in [-0.3, -0.25) is 4.79 Å². The number of thiophene rings is 1. The van der Waals surface area contributed by atoms with Gasteiger partial charge in [0.05, 0.1) is 5.39 Å². The Balaban J connectivity index is 1.91. The van der Waals surface area contributed by atoms with Crippen LogP contribution in [0.4, 0.5) is 0 Å². The Bertz CT molecular complexity index is 806. The Kier molecular flexibility index (Phi) is 3.28. The molecule has 0 spiro atoms. The number of nitrogens with zero attached hydrogens (tertiary/aromatic N) is 1. The third-order valence-corrected chi connectivity index (χ3v) is 4.31. The maximum Gasteiger partial charge on any atom is 0.260 e. The molecule has 0 amide bonds. The lowest BCUT2D eigenvalue weighted by Crippen LogP contribution is -2.13. The molecule has 0 radical (unpaired) electrons. The maximum atomic E-state index is 12.1. The zero-order valence-corrected chi connectivity index (χ0v) is 12.1. The lowest BCUT2D eigenvalue weighted by Gasteiger charge is -2.05. The van der Waals surface area contributed by atoms with E-state index < -0.39 is 0 Å². The van der Waals surface area contributed by atoms with Gasteiger partial charge >= 0.3 is 0 Å². The number of para-hydroxylation sites is 1. The van der Waals surface area contributed by atoms with E-state index in [4.69, 9.17) is 4.74 Å². The summed E-state index contributed by atoms with van der Waals surface area (Å²) in [6, 6.07) is 9.48. The SMILES string of the molecule is Cc1sc2nc(COc3ccccc3)[nH]c(=O)c2c1C. The second-order valence-corrected chi connectivity index (χ2v) is 5.78. The van der Waals surface area contributed by atoms with Gasteiger partial charge in [0.15, 0.2) is 0 Å². The minimum Gasteiger partial charge on any atom is -0.486 e. The smallest absolute Gasteiger partial charge is 0.260 e. The monoisotopic (exact) mass is 286 g/mol. The number of fused-ring (bicyclic) bond motifs is 1. The average Bonchev–Trinajstić information content (AvgIpc) is 2.73. The van der Waals surface area contributed by atoms with Crippen molar-refractivity contribution in [3.63, 3.8) is 0 Å². The summed E-state index contributed by atoms with van der Waals surface area (Å²) < 4.78 is 5.60. The van der Waals surface area contributed by atoms with Gasteiger partial charge in [-0.05, 0) is 31.5 Å². The molecule has 0 aliphatic heterocycles. The van der Waals surface area contributed by atoms with E-state index in [1.807, 2.05) is 44.2 Å². The Morgan fingerprint density at radius 1 is 1.25 bits per heavy atom. The number of hydrogen-bond acceptors (Lipinski definition) is 4. The third-order valence-electron chi connectivity index (χ3n) is 3.21. The van der Waals surface area contributed by atoms with Crippen LogP contribution < -0.4 is 10.3 Å². The fourth-order valence-electron chi connectivity index (χ4n) is 2.04. The number of aromatic nitrogens is 2. The van der Waals surface area contributed by atoms with Crippen LogP contribution in [0, 0.1) is 13.8 Å². The molecule has 0 bridgehead atoms. The summed E-state index contributed by atoms with van der Waals surface area (Å²) in [5, 5.41) is 0.691. The van der Waals surface area contributed by atoms with E-state index in [0.29, 0.717) is 11.2 Å². The van der Waals surface area contributed by atoms with Crippen molar-refractivity contribution in [3.8, 4) is 5.75 Å². The van der Waals surface area contributed by atoms with Crippen LogP contribution in [-0.4, -0.2) is 9.97 Å². The highest BCUT2D eigenvalue weighted by Crippen LogP contribution is 2.25. The molecule has 20 heavy (non-hydrogen) atoms. The van der Waals surface area contributed by atoms with Crippen LogP contribution in [0.25, 0.3) is 10.2 Å². The average molecular weight is 286 g/mol. The van der Waals surface area contributed by atoms with Gasteiger partial charge in [-0.1, -0.05) is 18.2 Å². The Hall–Kier alpha value is -2.14. The van der Waals surface area contributed by atoms with Crippen molar-refractivity contribution >= 4 is 21.6 Å². The van der Waals surface area contributed by atoms with Gasteiger partial charge < -0.3 is 9.72 Å². The Morgan fingerprint density at radius 2 is 2.00 bits per heavy atom. The van der Waals surface area contributed by atoms with Gasteiger partial charge in [0, 0.05) is 4.88 Å². The van der Waals surface area contributed by atoms with Crippen molar-refractivity contribution in [3.05, 3.63) is 57.0 Å². The molecular formula is C15H14N2O2S. The molecule has 1 aromatic carbocycles. The maximum absolute atomic E-state index is 12.1. The Labute approximate surface area is 120 Å². The first-order chi connectivity index (χ1) is 9.65. The fourth-order valence-corrected chi connectivity index (χ4v) is 3.08. The summed E-state index contributed by atoms with van der Waals surface area (Å²) >= 11 is 1.54. The van der Waals surface area contributed by atoms with Crippen molar-refractivity contribution < 1.29 is 4.74 Å². The number of ether oxygens (including phenoxy) is 1. The molecule has 0 saturated heterocycles. The van der Waals surface area contributed by atoms with Gasteiger partial charge in [0.25, 0.3) is 5.56 Å². The molecule has 3 rings (SSSR count). The summed E-state index contributed by atoms with van der Waals surface area (Å²) in [6.45, 7) is 4.21. The molecule has 0 atom stereocenters. The standard InChI is InChI=1S/C15H14N2O2S/c1-9-10(2)20-15-13(9)14(18)16-12(17-15)8-19-11-6-4-3-5-7-11/h3-7H,8H2,1-2H3,(H,16,17,18).